The van der Waals surface area contributed by atoms with Crippen molar-refractivity contribution in [3.63, 3.8) is 0 Å². The third kappa shape index (κ3) is 6.15. The Morgan fingerprint density at radius 1 is 1.26 bits per heavy atom. The maximum absolute atomic E-state index is 12.9. The van der Waals surface area contributed by atoms with Crippen LogP contribution in [0.2, 0.25) is 0 Å². The highest BCUT2D eigenvalue weighted by Gasteiger charge is 2.35. The highest BCUT2D eigenvalue weighted by atomic mass is 32.1. The van der Waals surface area contributed by atoms with E-state index in [-0.39, 0.29) is 18.4 Å². The Balaban J connectivity index is 1.17. The molecule has 2 aliphatic heterocycles. The van der Waals surface area contributed by atoms with Gasteiger partial charge in [0.05, 0.1) is 24.4 Å². The number of amides is 1. The van der Waals surface area contributed by atoms with Gasteiger partial charge in [-0.05, 0) is 37.0 Å². The second kappa shape index (κ2) is 11.4. The minimum absolute atomic E-state index is 0.177. The normalized spacial score (nSPS) is 18.8. The smallest absolute Gasteiger partial charge is 0.399 e. The zero-order valence-corrected chi connectivity index (χ0v) is 22.3. The first-order valence-electron chi connectivity index (χ1n) is 12.5. The molecular formula is C26H28F3N5O4S. The number of carbonyl (C=O) groups is 1. The Morgan fingerprint density at radius 2 is 2.03 bits per heavy atom. The summed E-state index contributed by atoms with van der Waals surface area (Å²) in [6.07, 6.45) is -2.07. The molecule has 39 heavy (non-hydrogen) atoms. The zero-order chi connectivity index (χ0) is 27.6. The zero-order valence-electron chi connectivity index (χ0n) is 21.5. The molecular weight excluding hydrogens is 535 g/mol. The van der Waals surface area contributed by atoms with Gasteiger partial charge in [0.25, 0.3) is 0 Å². The second-order valence-electron chi connectivity index (χ2n) is 9.45. The molecule has 1 aromatic carbocycles. The SMILES string of the molecule is CON=Cc1cccc2c1COC(c1csc(C3CCN(C(=O)Cn4nc(C(F)(F)F)cc4C)CC3)n1)OC2. The van der Waals surface area contributed by atoms with Crippen LogP contribution in [0.5, 0.6) is 0 Å². The van der Waals surface area contributed by atoms with Gasteiger partial charge in [0, 0.05) is 35.6 Å². The van der Waals surface area contributed by atoms with Crippen LogP contribution in [-0.4, -0.2) is 52.0 Å². The van der Waals surface area contributed by atoms with E-state index < -0.39 is 18.2 Å². The predicted octanol–water partition coefficient (Wildman–Crippen LogP) is 4.80. The van der Waals surface area contributed by atoms with Crippen molar-refractivity contribution < 1.29 is 32.3 Å². The molecule has 1 saturated heterocycles. The molecule has 1 atom stereocenters. The van der Waals surface area contributed by atoms with Crippen molar-refractivity contribution in [2.24, 2.45) is 5.16 Å². The van der Waals surface area contributed by atoms with Crippen LogP contribution in [-0.2, 0) is 45.0 Å². The number of piperidine rings is 1. The topological polar surface area (TPSA) is 91.1 Å². The summed E-state index contributed by atoms with van der Waals surface area (Å²) in [6.45, 7) is 3.02. The molecule has 1 fully saturated rings. The fourth-order valence-electron chi connectivity index (χ4n) is 4.75. The molecule has 0 spiro atoms. The quantitative estimate of drug-likeness (QED) is 0.316. The van der Waals surface area contributed by atoms with Crippen LogP contribution in [0.25, 0.3) is 0 Å². The molecule has 1 unspecified atom stereocenters. The molecule has 2 aromatic heterocycles. The number of aromatic nitrogens is 3. The first-order chi connectivity index (χ1) is 18.7. The van der Waals surface area contributed by atoms with E-state index in [9.17, 15) is 18.0 Å². The standard InChI is InChI=1S/C26H28F3N5O4S/c1-16-10-22(26(27,28)29)32-34(16)12-23(35)33-8-6-17(7-9-33)24-31-21(15-39-24)25-37-13-19-5-3-4-18(11-30-36-2)20(19)14-38-25/h3-5,10-11,15,17,25H,6-9,12-14H2,1-2H3. The lowest BCUT2D eigenvalue weighted by atomic mass is 9.97. The van der Waals surface area contributed by atoms with Gasteiger partial charge in [-0.3, -0.25) is 9.48 Å². The molecule has 208 valence electrons. The maximum Gasteiger partial charge on any atom is 0.435 e. The number of aryl methyl sites for hydroxylation is 1. The minimum atomic E-state index is -4.54. The highest BCUT2D eigenvalue weighted by molar-refractivity contribution is 7.09. The molecule has 3 aromatic rings. The van der Waals surface area contributed by atoms with E-state index in [4.69, 9.17) is 19.3 Å². The van der Waals surface area contributed by atoms with E-state index in [2.05, 4.69) is 10.3 Å². The molecule has 13 heteroatoms. The minimum Gasteiger partial charge on any atom is -0.399 e. The second-order valence-corrected chi connectivity index (χ2v) is 10.3. The molecule has 2 aliphatic rings. The van der Waals surface area contributed by atoms with Crippen molar-refractivity contribution in [1.82, 2.24) is 19.7 Å². The lowest BCUT2D eigenvalue weighted by molar-refractivity contribution is -0.155. The van der Waals surface area contributed by atoms with Gasteiger partial charge in [-0.1, -0.05) is 23.4 Å². The number of ether oxygens (including phenoxy) is 2. The fourth-order valence-corrected chi connectivity index (χ4v) is 5.74. The average molecular weight is 564 g/mol. The van der Waals surface area contributed by atoms with Crippen LogP contribution in [0.3, 0.4) is 0 Å². The molecule has 1 amide bonds. The summed E-state index contributed by atoms with van der Waals surface area (Å²) < 4.78 is 52.0. The van der Waals surface area contributed by atoms with Crippen molar-refractivity contribution in [1.29, 1.82) is 0 Å². The Morgan fingerprint density at radius 3 is 2.74 bits per heavy atom. The molecule has 0 bridgehead atoms. The molecule has 5 rings (SSSR count). The summed E-state index contributed by atoms with van der Waals surface area (Å²) in [5.41, 5.74) is 2.94. The largest absolute Gasteiger partial charge is 0.435 e. The number of halogens is 3. The van der Waals surface area contributed by atoms with Crippen molar-refractivity contribution >= 4 is 23.5 Å². The lowest BCUT2D eigenvalue weighted by Crippen LogP contribution is -2.40. The Labute approximate surface area is 227 Å². The molecule has 9 nitrogen and oxygen atoms in total. The fraction of sp³-hybridized carbons (Fsp3) is 0.462. The Bertz CT molecular complexity index is 1350. The van der Waals surface area contributed by atoms with Gasteiger partial charge in [-0.25, -0.2) is 4.98 Å². The van der Waals surface area contributed by atoms with E-state index in [1.54, 1.807) is 22.5 Å². The molecule has 0 N–H and O–H groups in total. The van der Waals surface area contributed by atoms with Gasteiger partial charge < -0.3 is 19.2 Å². The number of oxime groups is 1. The van der Waals surface area contributed by atoms with Gasteiger partial charge in [-0.2, -0.15) is 18.3 Å². The monoisotopic (exact) mass is 563 g/mol. The summed E-state index contributed by atoms with van der Waals surface area (Å²) in [7, 11) is 1.49. The number of hydrogen-bond donors (Lipinski definition) is 0. The number of rotatable bonds is 6. The van der Waals surface area contributed by atoms with Crippen LogP contribution in [0, 0.1) is 6.92 Å². The summed E-state index contributed by atoms with van der Waals surface area (Å²) in [5, 5.41) is 10.3. The van der Waals surface area contributed by atoms with Crippen LogP contribution in [0.15, 0.2) is 34.8 Å². The molecule has 4 heterocycles. The maximum atomic E-state index is 12.9. The number of benzene rings is 1. The van der Waals surface area contributed by atoms with Crippen molar-refractivity contribution in [2.75, 3.05) is 20.2 Å². The summed E-state index contributed by atoms with van der Waals surface area (Å²) in [6, 6.07) is 6.83. The van der Waals surface area contributed by atoms with E-state index >= 15 is 0 Å². The van der Waals surface area contributed by atoms with Crippen molar-refractivity contribution in [3.05, 3.63) is 68.4 Å². The lowest BCUT2D eigenvalue weighted by Gasteiger charge is -2.31. The number of carbonyl (C=O) groups excluding carboxylic acids is 1. The van der Waals surface area contributed by atoms with Crippen LogP contribution < -0.4 is 0 Å². The van der Waals surface area contributed by atoms with Crippen LogP contribution in [0.1, 0.15) is 63.8 Å². The third-order valence-electron chi connectivity index (χ3n) is 6.91. The predicted molar refractivity (Wildman–Crippen MR) is 136 cm³/mol. The van der Waals surface area contributed by atoms with Crippen LogP contribution >= 0.6 is 11.3 Å². The number of nitrogens with zero attached hydrogens (tertiary/aromatic N) is 5. The number of likely N-dealkylation sites (tertiary alicyclic amines) is 1. The van der Waals surface area contributed by atoms with Gasteiger partial charge >= 0.3 is 6.18 Å². The first-order valence-corrected chi connectivity index (χ1v) is 13.4. The van der Waals surface area contributed by atoms with Gasteiger partial charge in [0.2, 0.25) is 12.2 Å². The van der Waals surface area contributed by atoms with E-state index in [1.807, 2.05) is 23.6 Å². The molecule has 0 saturated carbocycles. The van der Waals surface area contributed by atoms with E-state index in [0.29, 0.717) is 50.5 Å². The average Bonchev–Trinajstić information content (AvgIpc) is 3.49. The van der Waals surface area contributed by atoms with E-state index in [0.717, 1.165) is 32.4 Å². The third-order valence-corrected chi connectivity index (χ3v) is 7.94. The molecule has 0 aliphatic carbocycles. The number of fused-ring (bicyclic) bond motifs is 1. The number of hydrogen-bond acceptors (Lipinski definition) is 8. The highest BCUT2D eigenvalue weighted by Crippen LogP contribution is 2.35. The Hall–Kier alpha value is -3.29. The molecule has 0 radical (unpaired) electrons. The van der Waals surface area contributed by atoms with Crippen molar-refractivity contribution in [3.8, 4) is 0 Å². The number of thiazole rings is 1. The Kier molecular flexibility index (Phi) is 8.01. The summed E-state index contributed by atoms with van der Waals surface area (Å²) in [5.74, 6) is -0.0705. The van der Waals surface area contributed by atoms with Crippen LogP contribution in [0.4, 0.5) is 13.2 Å². The van der Waals surface area contributed by atoms with Gasteiger partial charge in [0.15, 0.2) is 5.69 Å². The summed E-state index contributed by atoms with van der Waals surface area (Å²) >= 11 is 1.54. The number of alkyl halides is 3. The van der Waals surface area contributed by atoms with Crippen molar-refractivity contribution in [2.45, 2.75) is 57.9 Å². The van der Waals surface area contributed by atoms with Gasteiger partial charge in [0.1, 0.15) is 19.3 Å². The first kappa shape index (κ1) is 27.3. The summed E-state index contributed by atoms with van der Waals surface area (Å²) in [4.78, 5) is 24.1. The van der Waals surface area contributed by atoms with Gasteiger partial charge in [-0.15, -0.1) is 11.3 Å². The van der Waals surface area contributed by atoms with E-state index in [1.165, 1.54) is 14.0 Å².